The molecule has 1 amide bonds. The first-order valence-electron chi connectivity index (χ1n) is 10.7. The molecule has 4 rings (SSSR count). The van der Waals surface area contributed by atoms with E-state index >= 15 is 0 Å². The first-order chi connectivity index (χ1) is 14.9. The number of rotatable bonds is 7. The third-order valence-electron chi connectivity index (χ3n) is 5.91. The van der Waals surface area contributed by atoms with Gasteiger partial charge in [0, 0.05) is 37.0 Å². The maximum Gasteiger partial charge on any atom is 0.236 e. The van der Waals surface area contributed by atoms with E-state index in [9.17, 15) is 17.6 Å². The maximum atomic E-state index is 13.5. The first kappa shape index (κ1) is 21.7. The third-order valence-corrected chi connectivity index (χ3v) is 7.47. The number of hydrogen-bond acceptors (Lipinski definition) is 3. The fourth-order valence-corrected chi connectivity index (χ4v) is 5.23. The minimum Gasteiger partial charge on any atom is -0.335 e. The highest BCUT2D eigenvalue weighted by Crippen LogP contribution is 2.32. The summed E-state index contributed by atoms with van der Waals surface area (Å²) in [7, 11) is -3.52. The minimum absolute atomic E-state index is 0.0589. The average molecular weight is 443 g/mol. The summed E-state index contributed by atoms with van der Waals surface area (Å²) >= 11 is 0. The summed E-state index contributed by atoms with van der Waals surface area (Å²) in [5.41, 5.74) is 1.61. The summed E-state index contributed by atoms with van der Waals surface area (Å²) < 4.78 is 40.3. The highest BCUT2D eigenvalue weighted by Gasteiger charge is 2.38. The molecule has 0 unspecified atom stereocenters. The van der Waals surface area contributed by atoms with Gasteiger partial charge in [-0.25, -0.2) is 12.8 Å². The first-order valence-corrected chi connectivity index (χ1v) is 12.2. The van der Waals surface area contributed by atoms with Crippen molar-refractivity contribution in [1.82, 2.24) is 9.21 Å². The van der Waals surface area contributed by atoms with Crippen LogP contribution in [0.1, 0.15) is 36.8 Å². The smallest absolute Gasteiger partial charge is 0.236 e. The predicted molar refractivity (Wildman–Crippen MR) is 119 cm³/mol. The number of carbonyl (C=O) groups is 1. The molecule has 1 aliphatic carbocycles. The molecule has 164 valence electrons. The van der Waals surface area contributed by atoms with E-state index in [0.717, 1.165) is 24.0 Å². The molecule has 0 atom stereocenters. The van der Waals surface area contributed by atoms with E-state index in [1.165, 1.54) is 21.8 Å². The van der Waals surface area contributed by atoms with Crippen molar-refractivity contribution in [2.24, 2.45) is 5.92 Å². The van der Waals surface area contributed by atoms with Crippen molar-refractivity contribution in [3.63, 3.8) is 0 Å². The molecule has 0 N–H and O–H groups in total. The molecular weight excluding hydrogens is 415 g/mol. The topological polar surface area (TPSA) is 57.7 Å². The van der Waals surface area contributed by atoms with Crippen LogP contribution in [0.2, 0.25) is 0 Å². The van der Waals surface area contributed by atoms with Crippen LogP contribution in [0.3, 0.4) is 0 Å². The molecule has 1 saturated carbocycles. The molecule has 2 fully saturated rings. The van der Waals surface area contributed by atoms with Gasteiger partial charge in [0.15, 0.2) is 0 Å². The largest absolute Gasteiger partial charge is 0.335 e. The fourth-order valence-electron chi connectivity index (χ4n) is 4.01. The van der Waals surface area contributed by atoms with Gasteiger partial charge in [0.2, 0.25) is 15.9 Å². The number of carbonyl (C=O) groups excluding carboxylic acids is 1. The summed E-state index contributed by atoms with van der Waals surface area (Å²) in [6.45, 7) is 1.06. The zero-order chi connectivity index (χ0) is 21.8. The van der Waals surface area contributed by atoms with Crippen LogP contribution in [0.4, 0.5) is 4.39 Å². The third kappa shape index (κ3) is 5.60. The van der Waals surface area contributed by atoms with E-state index in [-0.39, 0.29) is 23.7 Å². The zero-order valence-corrected chi connectivity index (χ0v) is 18.2. The van der Waals surface area contributed by atoms with Gasteiger partial charge >= 0.3 is 0 Å². The van der Waals surface area contributed by atoms with Gasteiger partial charge in [-0.15, -0.1) is 0 Å². The molecule has 1 aliphatic heterocycles. The summed E-state index contributed by atoms with van der Waals surface area (Å²) in [6.07, 6.45) is 4.55. The van der Waals surface area contributed by atoms with Crippen molar-refractivity contribution < 1.29 is 17.6 Å². The Morgan fingerprint density at radius 3 is 2.39 bits per heavy atom. The molecule has 7 heteroatoms. The summed E-state index contributed by atoms with van der Waals surface area (Å²) in [5.74, 6) is -0.440. The molecule has 0 radical (unpaired) electrons. The van der Waals surface area contributed by atoms with E-state index < -0.39 is 10.0 Å². The second-order valence-electron chi connectivity index (χ2n) is 8.26. The Bertz CT molecular complexity index is 1040. The zero-order valence-electron chi connectivity index (χ0n) is 17.4. The Kier molecular flexibility index (Phi) is 6.53. The van der Waals surface area contributed by atoms with Crippen LogP contribution in [-0.4, -0.2) is 42.7 Å². The van der Waals surface area contributed by atoms with Crippen molar-refractivity contribution in [2.45, 2.75) is 38.3 Å². The molecule has 2 aliphatic rings. The van der Waals surface area contributed by atoms with Crippen molar-refractivity contribution in [3.05, 3.63) is 76.9 Å². The fraction of sp³-hybridized carbons (Fsp3) is 0.375. The highest BCUT2D eigenvalue weighted by atomic mass is 32.2. The number of sulfonamides is 1. The Balaban J connectivity index is 1.37. The van der Waals surface area contributed by atoms with Gasteiger partial charge in [-0.1, -0.05) is 42.5 Å². The van der Waals surface area contributed by atoms with E-state index in [1.807, 2.05) is 41.3 Å². The molecule has 0 bridgehead atoms. The monoisotopic (exact) mass is 442 g/mol. The van der Waals surface area contributed by atoms with Crippen molar-refractivity contribution in [1.29, 1.82) is 0 Å². The molecule has 0 spiro atoms. The van der Waals surface area contributed by atoms with Gasteiger partial charge in [-0.05, 0) is 55.0 Å². The summed E-state index contributed by atoms with van der Waals surface area (Å²) in [6, 6.07) is 15.9. The Morgan fingerprint density at radius 1 is 1.03 bits per heavy atom. The highest BCUT2D eigenvalue weighted by molar-refractivity contribution is 7.92. The van der Waals surface area contributed by atoms with E-state index in [4.69, 9.17) is 0 Å². The van der Waals surface area contributed by atoms with Crippen LogP contribution in [0.15, 0.2) is 60.0 Å². The van der Waals surface area contributed by atoms with Gasteiger partial charge in [-0.2, -0.15) is 4.31 Å². The molecular formula is C24H27FN2O3S. The second kappa shape index (κ2) is 9.32. The van der Waals surface area contributed by atoms with Crippen LogP contribution in [0.5, 0.6) is 0 Å². The molecule has 2 aromatic rings. The van der Waals surface area contributed by atoms with Crippen LogP contribution < -0.4 is 0 Å². The second-order valence-corrected chi connectivity index (χ2v) is 10.1. The lowest BCUT2D eigenvalue weighted by molar-refractivity contribution is -0.138. The van der Waals surface area contributed by atoms with Crippen LogP contribution in [-0.2, 0) is 21.4 Å². The quantitative estimate of drug-likeness (QED) is 0.651. The predicted octanol–water partition coefficient (Wildman–Crippen LogP) is 4.03. The van der Waals surface area contributed by atoms with Gasteiger partial charge < -0.3 is 4.90 Å². The number of hydrogen-bond donors (Lipinski definition) is 0. The summed E-state index contributed by atoms with van der Waals surface area (Å²) in [4.78, 5) is 15.0. The molecule has 1 saturated heterocycles. The van der Waals surface area contributed by atoms with E-state index in [0.29, 0.717) is 32.5 Å². The molecule has 1 heterocycles. The lowest BCUT2D eigenvalue weighted by Crippen LogP contribution is -2.44. The van der Waals surface area contributed by atoms with Crippen LogP contribution >= 0.6 is 0 Å². The standard InChI is InChI=1S/C24H27FN2O3S/c25-22-8-4-7-20(17-22)18-27(23-9-10-23)24(28)21-11-14-26(15-12-21)31(29,30)16-13-19-5-2-1-3-6-19/h1-8,13,16-17,21,23H,9-12,14-15,18H2/b16-13+. The number of amides is 1. The van der Waals surface area contributed by atoms with Gasteiger partial charge in [-0.3, -0.25) is 4.79 Å². The normalized spacial score (nSPS) is 18.4. The maximum absolute atomic E-state index is 13.5. The van der Waals surface area contributed by atoms with Gasteiger partial charge in [0.1, 0.15) is 5.82 Å². The average Bonchev–Trinajstić information content (AvgIpc) is 3.62. The SMILES string of the molecule is O=C(C1CCN(S(=O)(=O)/C=C/c2ccccc2)CC1)N(Cc1cccc(F)c1)C1CC1. The van der Waals surface area contributed by atoms with Gasteiger partial charge in [0.05, 0.1) is 0 Å². The molecule has 5 nitrogen and oxygen atoms in total. The number of piperidine rings is 1. The van der Waals surface area contributed by atoms with E-state index in [1.54, 1.807) is 12.1 Å². The Labute approximate surface area is 183 Å². The molecule has 2 aromatic carbocycles. The summed E-state index contributed by atoms with van der Waals surface area (Å²) in [5, 5.41) is 1.24. The van der Waals surface area contributed by atoms with Crippen molar-refractivity contribution >= 4 is 22.0 Å². The van der Waals surface area contributed by atoms with E-state index in [2.05, 4.69) is 0 Å². The van der Waals surface area contributed by atoms with Gasteiger partial charge in [0.25, 0.3) is 0 Å². The van der Waals surface area contributed by atoms with Crippen LogP contribution in [0, 0.1) is 11.7 Å². The number of halogens is 1. The molecule has 0 aromatic heterocycles. The Hall–Kier alpha value is -2.51. The lowest BCUT2D eigenvalue weighted by Gasteiger charge is -2.33. The van der Waals surface area contributed by atoms with Crippen molar-refractivity contribution in [2.75, 3.05) is 13.1 Å². The minimum atomic E-state index is -3.52. The molecule has 31 heavy (non-hydrogen) atoms. The number of benzene rings is 2. The van der Waals surface area contributed by atoms with Crippen LogP contribution in [0.25, 0.3) is 6.08 Å². The Morgan fingerprint density at radius 2 is 1.74 bits per heavy atom. The number of nitrogens with zero attached hydrogens (tertiary/aromatic N) is 2. The lowest BCUT2D eigenvalue weighted by atomic mass is 9.96. The van der Waals surface area contributed by atoms with Crippen molar-refractivity contribution in [3.8, 4) is 0 Å².